The summed E-state index contributed by atoms with van der Waals surface area (Å²) in [5.41, 5.74) is 2.17. The smallest absolute Gasteiger partial charge is 0.147 e. The number of aromatic nitrogens is 1. The Bertz CT molecular complexity index is 473. The number of pyridine rings is 1. The standard InChI is InChI=1S/C12H11NO2/c1-2-4-11-9(3-1)10(5-6-13-11)12-7-14-8-15-12/h1-6,12H,7-8H2. The van der Waals surface area contributed by atoms with Crippen LogP contribution in [0.4, 0.5) is 0 Å². The first kappa shape index (κ1) is 8.83. The first-order valence-electron chi connectivity index (χ1n) is 4.98. The second-order valence-electron chi connectivity index (χ2n) is 3.56. The zero-order valence-corrected chi connectivity index (χ0v) is 8.22. The Hall–Kier alpha value is -1.45. The third-order valence-corrected chi connectivity index (χ3v) is 2.65. The second kappa shape index (κ2) is 3.61. The van der Waals surface area contributed by atoms with Gasteiger partial charge in [0.25, 0.3) is 0 Å². The Morgan fingerprint density at radius 2 is 2.13 bits per heavy atom. The lowest BCUT2D eigenvalue weighted by molar-refractivity contribution is 0.0469. The van der Waals surface area contributed by atoms with Crippen LogP contribution in [-0.2, 0) is 9.47 Å². The van der Waals surface area contributed by atoms with Gasteiger partial charge in [0.05, 0.1) is 12.1 Å². The third kappa shape index (κ3) is 1.50. The lowest BCUT2D eigenvalue weighted by Crippen LogP contribution is -2.00. The minimum atomic E-state index is 0.0536. The van der Waals surface area contributed by atoms with Crippen LogP contribution >= 0.6 is 0 Å². The average Bonchev–Trinajstić information content (AvgIpc) is 2.82. The van der Waals surface area contributed by atoms with Gasteiger partial charge >= 0.3 is 0 Å². The summed E-state index contributed by atoms with van der Waals surface area (Å²) in [6, 6.07) is 10.1. The lowest BCUT2D eigenvalue weighted by Gasteiger charge is -2.10. The molecule has 0 aliphatic carbocycles. The van der Waals surface area contributed by atoms with Gasteiger partial charge in [0.1, 0.15) is 12.9 Å². The van der Waals surface area contributed by atoms with Crippen molar-refractivity contribution < 1.29 is 9.47 Å². The summed E-state index contributed by atoms with van der Waals surface area (Å²) >= 11 is 0. The normalized spacial score (nSPS) is 20.9. The molecule has 0 spiro atoms. The maximum Gasteiger partial charge on any atom is 0.147 e. The fraction of sp³-hybridized carbons (Fsp3) is 0.250. The van der Waals surface area contributed by atoms with Gasteiger partial charge in [-0.15, -0.1) is 0 Å². The minimum Gasteiger partial charge on any atom is -0.352 e. The summed E-state index contributed by atoms with van der Waals surface area (Å²) < 4.78 is 10.7. The van der Waals surface area contributed by atoms with Crippen molar-refractivity contribution in [2.24, 2.45) is 0 Å². The first-order valence-corrected chi connectivity index (χ1v) is 4.98. The number of benzene rings is 1. The highest BCUT2D eigenvalue weighted by molar-refractivity contribution is 5.82. The van der Waals surface area contributed by atoms with Gasteiger partial charge in [-0.25, -0.2) is 0 Å². The van der Waals surface area contributed by atoms with E-state index in [1.807, 2.05) is 30.5 Å². The molecule has 2 aromatic rings. The molecule has 1 saturated heterocycles. The summed E-state index contributed by atoms with van der Waals surface area (Å²) in [4.78, 5) is 4.32. The van der Waals surface area contributed by atoms with Gasteiger partial charge in [-0.3, -0.25) is 4.98 Å². The molecular formula is C12H11NO2. The van der Waals surface area contributed by atoms with E-state index in [0.717, 1.165) is 16.5 Å². The number of rotatable bonds is 1. The Balaban J connectivity index is 2.16. The van der Waals surface area contributed by atoms with Crippen molar-refractivity contribution in [1.29, 1.82) is 0 Å². The summed E-state index contributed by atoms with van der Waals surface area (Å²) in [5, 5.41) is 1.15. The highest BCUT2D eigenvalue weighted by Gasteiger charge is 2.20. The van der Waals surface area contributed by atoms with Crippen LogP contribution in [0.25, 0.3) is 10.9 Å². The molecule has 1 atom stereocenters. The molecule has 3 nitrogen and oxygen atoms in total. The van der Waals surface area contributed by atoms with Crippen LogP contribution in [0.1, 0.15) is 11.7 Å². The first-order chi connectivity index (χ1) is 7.45. The number of hydrogen-bond donors (Lipinski definition) is 0. The highest BCUT2D eigenvalue weighted by Crippen LogP contribution is 2.28. The van der Waals surface area contributed by atoms with Crippen LogP contribution in [0, 0.1) is 0 Å². The number of fused-ring (bicyclic) bond motifs is 1. The van der Waals surface area contributed by atoms with Gasteiger partial charge in [0.15, 0.2) is 0 Å². The number of para-hydroxylation sites is 1. The van der Waals surface area contributed by atoms with Crippen LogP contribution in [0.3, 0.4) is 0 Å². The molecule has 0 bridgehead atoms. The van der Waals surface area contributed by atoms with E-state index < -0.39 is 0 Å². The second-order valence-corrected chi connectivity index (χ2v) is 3.56. The predicted octanol–water partition coefficient (Wildman–Crippen LogP) is 2.28. The quantitative estimate of drug-likeness (QED) is 0.709. The van der Waals surface area contributed by atoms with Crippen LogP contribution in [0.2, 0.25) is 0 Å². The van der Waals surface area contributed by atoms with Gasteiger partial charge in [-0.1, -0.05) is 18.2 Å². The molecule has 15 heavy (non-hydrogen) atoms. The van der Waals surface area contributed by atoms with Crippen molar-refractivity contribution in [2.45, 2.75) is 6.10 Å². The molecular weight excluding hydrogens is 190 g/mol. The molecule has 1 aromatic heterocycles. The molecule has 0 saturated carbocycles. The summed E-state index contributed by atoms with van der Waals surface area (Å²) in [6.07, 6.45) is 1.87. The Morgan fingerprint density at radius 3 is 3.00 bits per heavy atom. The van der Waals surface area contributed by atoms with Crippen molar-refractivity contribution in [3.8, 4) is 0 Å². The molecule has 2 heterocycles. The monoisotopic (exact) mass is 201 g/mol. The van der Waals surface area contributed by atoms with Crippen LogP contribution < -0.4 is 0 Å². The summed E-state index contributed by atoms with van der Waals surface area (Å²) in [6.45, 7) is 1.02. The zero-order chi connectivity index (χ0) is 10.1. The third-order valence-electron chi connectivity index (χ3n) is 2.65. The summed E-state index contributed by atoms with van der Waals surface area (Å²) in [7, 11) is 0. The van der Waals surface area contributed by atoms with Gasteiger partial charge in [0, 0.05) is 11.6 Å². The van der Waals surface area contributed by atoms with Crippen molar-refractivity contribution in [3.05, 3.63) is 42.1 Å². The highest BCUT2D eigenvalue weighted by atomic mass is 16.7. The van der Waals surface area contributed by atoms with Gasteiger partial charge in [-0.2, -0.15) is 0 Å². The topological polar surface area (TPSA) is 31.4 Å². The average molecular weight is 201 g/mol. The maximum atomic E-state index is 5.50. The largest absolute Gasteiger partial charge is 0.352 e. The van der Waals surface area contributed by atoms with E-state index in [2.05, 4.69) is 11.1 Å². The SMILES string of the molecule is c1ccc2c(C3COCO3)ccnc2c1. The van der Waals surface area contributed by atoms with Gasteiger partial charge in [0.2, 0.25) is 0 Å². The molecule has 0 N–H and O–H groups in total. The van der Waals surface area contributed by atoms with Crippen LogP contribution in [0.15, 0.2) is 36.5 Å². The van der Waals surface area contributed by atoms with E-state index in [1.54, 1.807) is 0 Å². The molecule has 1 aromatic carbocycles. The molecule has 0 radical (unpaired) electrons. The molecule has 1 aliphatic heterocycles. The lowest BCUT2D eigenvalue weighted by atomic mass is 10.1. The molecule has 1 aliphatic rings. The van der Waals surface area contributed by atoms with E-state index in [-0.39, 0.29) is 6.10 Å². The fourth-order valence-electron chi connectivity index (χ4n) is 1.91. The number of ether oxygens (including phenoxy) is 2. The molecule has 0 amide bonds. The predicted molar refractivity (Wildman–Crippen MR) is 56.4 cm³/mol. The van der Waals surface area contributed by atoms with Crippen molar-refractivity contribution >= 4 is 10.9 Å². The molecule has 1 fully saturated rings. The number of hydrogen-bond acceptors (Lipinski definition) is 3. The molecule has 3 rings (SSSR count). The number of nitrogens with zero attached hydrogens (tertiary/aromatic N) is 1. The fourth-order valence-corrected chi connectivity index (χ4v) is 1.91. The minimum absolute atomic E-state index is 0.0536. The van der Waals surface area contributed by atoms with E-state index in [0.29, 0.717) is 13.4 Å². The van der Waals surface area contributed by atoms with Crippen molar-refractivity contribution in [3.63, 3.8) is 0 Å². The molecule has 76 valence electrons. The molecule has 3 heteroatoms. The van der Waals surface area contributed by atoms with Crippen LogP contribution in [-0.4, -0.2) is 18.4 Å². The van der Waals surface area contributed by atoms with Crippen molar-refractivity contribution in [2.75, 3.05) is 13.4 Å². The van der Waals surface area contributed by atoms with E-state index >= 15 is 0 Å². The maximum absolute atomic E-state index is 5.50. The van der Waals surface area contributed by atoms with Gasteiger partial charge in [-0.05, 0) is 17.7 Å². The van der Waals surface area contributed by atoms with E-state index in [9.17, 15) is 0 Å². The summed E-state index contributed by atoms with van der Waals surface area (Å²) in [5.74, 6) is 0. The zero-order valence-electron chi connectivity index (χ0n) is 8.22. The Labute approximate surface area is 87.6 Å². The molecule has 1 unspecified atom stereocenters. The van der Waals surface area contributed by atoms with E-state index in [1.165, 1.54) is 0 Å². The van der Waals surface area contributed by atoms with Gasteiger partial charge < -0.3 is 9.47 Å². The van der Waals surface area contributed by atoms with Crippen molar-refractivity contribution in [1.82, 2.24) is 4.98 Å². The van der Waals surface area contributed by atoms with E-state index in [4.69, 9.17) is 9.47 Å². The Kier molecular flexibility index (Phi) is 2.12. The van der Waals surface area contributed by atoms with Crippen LogP contribution in [0.5, 0.6) is 0 Å². The Morgan fingerprint density at radius 1 is 1.20 bits per heavy atom.